The lowest BCUT2D eigenvalue weighted by molar-refractivity contribution is -0.143. The summed E-state index contributed by atoms with van der Waals surface area (Å²) in [6.45, 7) is 2.63. The molecule has 1 atom stereocenters. The fourth-order valence-corrected chi connectivity index (χ4v) is 1.79. The van der Waals surface area contributed by atoms with Crippen molar-refractivity contribution in [3.63, 3.8) is 0 Å². The monoisotopic (exact) mass is 195 g/mol. The van der Waals surface area contributed by atoms with Gasteiger partial charge >= 0.3 is 5.97 Å². The summed E-state index contributed by atoms with van der Waals surface area (Å²) in [4.78, 5) is 11.4. The highest BCUT2D eigenvalue weighted by molar-refractivity contribution is 5.78. The summed E-state index contributed by atoms with van der Waals surface area (Å²) in [5, 5.41) is 3.10. The largest absolute Gasteiger partial charge is 0.468 e. The Balaban J connectivity index is 2.34. The van der Waals surface area contributed by atoms with Crippen LogP contribution in [0, 0.1) is 6.92 Å². The van der Waals surface area contributed by atoms with Gasteiger partial charge in [0.25, 0.3) is 0 Å². The van der Waals surface area contributed by atoms with Crippen LogP contribution in [0.15, 0.2) is 10.5 Å². The van der Waals surface area contributed by atoms with Crippen molar-refractivity contribution in [1.82, 2.24) is 5.32 Å². The average Bonchev–Trinajstić information content (AvgIpc) is 2.56. The van der Waals surface area contributed by atoms with E-state index in [4.69, 9.17) is 9.15 Å². The fraction of sp³-hybridized carbons (Fsp3) is 0.500. The first kappa shape index (κ1) is 9.27. The summed E-state index contributed by atoms with van der Waals surface area (Å²) >= 11 is 0. The van der Waals surface area contributed by atoms with Crippen LogP contribution < -0.4 is 5.32 Å². The zero-order chi connectivity index (χ0) is 10.1. The van der Waals surface area contributed by atoms with Crippen molar-refractivity contribution in [1.29, 1.82) is 0 Å². The van der Waals surface area contributed by atoms with Gasteiger partial charge < -0.3 is 14.5 Å². The Labute approximate surface area is 82.2 Å². The van der Waals surface area contributed by atoms with Crippen molar-refractivity contribution in [3.05, 3.63) is 23.2 Å². The van der Waals surface area contributed by atoms with Gasteiger partial charge in [-0.25, -0.2) is 4.79 Å². The standard InChI is InChI=1S/C10H13NO3/c1-6-5-7-8(14-6)3-4-11-9(7)10(12)13-2/h5,9,11H,3-4H2,1-2H3. The maximum Gasteiger partial charge on any atom is 0.327 e. The zero-order valence-corrected chi connectivity index (χ0v) is 8.29. The van der Waals surface area contributed by atoms with Crippen LogP contribution in [-0.4, -0.2) is 19.6 Å². The maximum atomic E-state index is 11.4. The van der Waals surface area contributed by atoms with Crippen LogP contribution in [-0.2, 0) is 16.0 Å². The number of methoxy groups -OCH3 is 1. The summed E-state index contributed by atoms with van der Waals surface area (Å²) in [5.41, 5.74) is 0.917. The van der Waals surface area contributed by atoms with Crippen LogP contribution in [0.25, 0.3) is 0 Å². The first-order valence-electron chi connectivity index (χ1n) is 4.63. The van der Waals surface area contributed by atoms with Gasteiger partial charge in [0.1, 0.15) is 17.6 Å². The molecule has 0 saturated heterocycles. The third-order valence-electron chi connectivity index (χ3n) is 2.41. The number of hydrogen-bond acceptors (Lipinski definition) is 4. The molecule has 76 valence electrons. The summed E-state index contributed by atoms with van der Waals surface area (Å²) in [6, 6.07) is 1.53. The number of furan rings is 1. The minimum Gasteiger partial charge on any atom is -0.468 e. The Kier molecular flexibility index (Phi) is 2.29. The number of ether oxygens (including phenoxy) is 1. The van der Waals surface area contributed by atoms with Gasteiger partial charge in [-0.1, -0.05) is 0 Å². The van der Waals surface area contributed by atoms with Gasteiger partial charge in [0.15, 0.2) is 0 Å². The molecular formula is C10H13NO3. The van der Waals surface area contributed by atoms with Crippen molar-refractivity contribution in [3.8, 4) is 0 Å². The molecule has 0 spiro atoms. The van der Waals surface area contributed by atoms with Crippen molar-refractivity contribution in [2.75, 3.05) is 13.7 Å². The van der Waals surface area contributed by atoms with E-state index in [0.29, 0.717) is 0 Å². The molecule has 0 radical (unpaired) electrons. The predicted octanol–water partition coefficient (Wildman–Crippen LogP) is 0.948. The van der Waals surface area contributed by atoms with Crippen LogP contribution in [0.1, 0.15) is 23.1 Å². The minimum atomic E-state index is -0.360. The molecule has 0 bridgehead atoms. The van der Waals surface area contributed by atoms with E-state index in [1.54, 1.807) is 0 Å². The lowest BCUT2D eigenvalue weighted by atomic mass is 10.0. The highest BCUT2D eigenvalue weighted by atomic mass is 16.5. The molecule has 2 rings (SSSR count). The second kappa shape index (κ2) is 3.46. The molecule has 14 heavy (non-hydrogen) atoms. The highest BCUT2D eigenvalue weighted by Gasteiger charge is 2.29. The second-order valence-corrected chi connectivity index (χ2v) is 3.40. The van der Waals surface area contributed by atoms with Crippen LogP contribution in [0.2, 0.25) is 0 Å². The van der Waals surface area contributed by atoms with Crippen LogP contribution in [0.3, 0.4) is 0 Å². The number of rotatable bonds is 1. The first-order chi connectivity index (χ1) is 6.72. The van der Waals surface area contributed by atoms with E-state index < -0.39 is 0 Å². The van der Waals surface area contributed by atoms with E-state index in [-0.39, 0.29) is 12.0 Å². The van der Waals surface area contributed by atoms with E-state index in [1.807, 2.05) is 13.0 Å². The fourth-order valence-electron chi connectivity index (χ4n) is 1.79. The van der Waals surface area contributed by atoms with Gasteiger partial charge in [-0.3, -0.25) is 0 Å². The summed E-state index contributed by atoms with van der Waals surface area (Å²) in [6.07, 6.45) is 0.830. The Morgan fingerprint density at radius 1 is 1.71 bits per heavy atom. The summed E-state index contributed by atoms with van der Waals surface area (Å²) in [7, 11) is 1.39. The van der Waals surface area contributed by atoms with E-state index in [1.165, 1.54) is 7.11 Å². The Bertz CT molecular complexity index is 356. The third-order valence-corrected chi connectivity index (χ3v) is 2.41. The van der Waals surface area contributed by atoms with Crippen LogP contribution in [0.4, 0.5) is 0 Å². The maximum absolute atomic E-state index is 11.4. The van der Waals surface area contributed by atoms with Crippen LogP contribution in [0.5, 0.6) is 0 Å². The summed E-state index contributed by atoms with van der Waals surface area (Å²) < 4.78 is 10.2. The van der Waals surface area contributed by atoms with Crippen molar-refractivity contribution in [2.45, 2.75) is 19.4 Å². The van der Waals surface area contributed by atoms with E-state index >= 15 is 0 Å². The topological polar surface area (TPSA) is 51.5 Å². The molecule has 0 aromatic carbocycles. The third kappa shape index (κ3) is 1.42. The number of aryl methyl sites for hydroxylation is 1. The van der Waals surface area contributed by atoms with Gasteiger partial charge in [0.2, 0.25) is 0 Å². The molecule has 0 saturated carbocycles. The number of carbonyl (C=O) groups is 1. The normalized spacial score (nSPS) is 20.3. The minimum absolute atomic E-state index is 0.258. The number of nitrogens with one attached hydrogen (secondary N) is 1. The molecule has 2 heterocycles. The van der Waals surface area contributed by atoms with Gasteiger partial charge in [0, 0.05) is 18.5 Å². The number of esters is 1. The molecule has 1 unspecified atom stereocenters. The van der Waals surface area contributed by atoms with Gasteiger partial charge in [-0.05, 0) is 13.0 Å². The van der Waals surface area contributed by atoms with E-state index in [0.717, 1.165) is 30.0 Å². The number of carbonyl (C=O) groups excluding carboxylic acids is 1. The predicted molar refractivity (Wildman–Crippen MR) is 49.9 cm³/mol. The SMILES string of the molecule is COC(=O)C1NCCc2oc(C)cc21. The van der Waals surface area contributed by atoms with Gasteiger partial charge in [-0.15, -0.1) is 0 Å². The molecule has 1 N–H and O–H groups in total. The molecule has 0 amide bonds. The highest BCUT2D eigenvalue weighted by Crippen LogP contribution is 2.26. The Morgan fingerprint density at radius 3 is 3.21 bits per heavy atom. The van der Waals surface area contributed by atoms with Crippen LogP contribution >= 0.6 is 0 Å². The molecule has 1 aliphatic rings. The smallest absolute Gasteiger partial charge is 0.327 e. The lowest BCUT2D eigenvalue weighted by Crippen LogP contribution is -2.35. The number of fused-ring (bicyclic) bond motifs is 1. The average molecular weight is 195 g/mol. The Hall–Kier alpha value is -1.29. The first-order valence-corrected chi connectivity index (χ1v) is 4.63. The molecule has 1 aromatic heterocycles. The Morgan fingerprint density at radius 2 is 2.50 bits per heavy atom. The van der Waals surface area contributed by atoms with Crippen molar-refractivity contribution >= 4 is 5.97 Å². The van der Waals surface area contributed by atoms with Crippen molar-refractivity contribution in [2.24, 2.45) is 0 Å². The molecular weight excluding hydrogens is 182 g/mol. The molecule has 4 nitrogen and oxygen atoms in total. The number of hydrogen-bond donors (Lipinski definition) is 1. The molecule has 1 aliphatic heterocycles. The lowest BCUT2D eigenvalue weighted by Gasteiger charge is -2.20. The van der Waals surface area contributed by atoms with E-state index in [2.05, 4.69) is 5.32 Å². The van der Waals surface area contributed by atoms with Crippen molar-refractivity contribution < 1.29 is 13.9 Å². The van der Waals surface area contributed by atoms with Gasteiger partial charge in [-0.2, -0.15) is 0 Å². The van der Waals surface area contributed by atoms with E-state index in [9.17, 15) is 4.79 Å². The molecule has 0 aliphatic carbocycles. The quantitative estimate of drug-likeness (QED) is 0.678. The summed E-state index contributed by atoms with van der Waals surface area (Å²) in [5.74, 6) is 1.48. The molecule has 0 fully saturated rings. The molecule has 4 heteroatoms. The zero-order valence-electron chi connectivity index (χ0n) is 8.29. The second-order valence-electron chi connectivity index (χ2n) is 3.40. The van der Waals surface area contributed by atoms with Gasteiger partial charge in [0.05, 0.1) is 7.11 Å². The molecule has 1 aromatic rings.